The van der Waals surface area contributed by atoms with Crippen LogP contribution < -0.4 is 4.74 Å². The Bertz CT molecular complexity index is 644. The fourth-order valence-electron chi connectivity index (χ4n) is 4.15. The number of carbonyl (C=O) groups excluding carboxylic acids is 2. The molecule has 3 nitrogen and oxygen atoms in total. The number of hydrogen-bond donors (Lipinski definition) is 0. The zero-order chi connectivity index (χ0) is 13.9. The van der Waals surface area contributed by atoms with Crippen LogP contribution in [0.3, 0.4) is 0 Å². The standard InChI is InChI=1S/C17H16O3/c1-2-20-12-5-3-4-11-15(12)17(19)14-10-7-6-9(8-10)13(14)16(11)18/h3-7,9-10,13-14H,2,8H2,1H3. The smallest absolute Gasteiger partial charge is 0.171 e. The van der Waals surface area contributed by atoms with Gasteiger partial charge in [0, 0.05) is 17.4 Å². The van der Waals surface area contributed by atoms with Crippen LogP contribution in [0.5, 0.6) is 5.75 Å². The van der Waals surface area contributed by atoms with Gasteiger partial charge in [-0.2, -0.15) is 0 Å². The molecule has 1 fully saturated rings. The molecule has 0 saturated heterocycles. The highest BCUT2D eigenvalue weighted by Gasteiger charge is 2.55. The molecule has 1 saturated carbocycles. The van der Waals surface area contributed by atoms with Crippen molar-refractivity contribution in [1.82, 2.24) is 0 Å². The van der Waals surface area contributed by atoms with Crippen LogP contribution in [0.1, 0.15) is 34.1 Å². The summed E-state index contributed by atoms with van der Waals surface area (Å²) < 4.78 is 5.56. The molecule has 2 bridgehead atoms. The second-order valence-electron chi connectivity index (χ2n) is 5.84. The van der Waals surface area contributed by atoms with Crippen molar-refractivity contribution in [2.75, 3.05) is 6.61 Å². The van der Waals surface area contributed by atoms with Gasteiger partial charge in [0.1, 0.15) is 5.75 Å². The summed E-state index contributed by atoms with van der Waals surface area (Å²) in [5, 5.41) is 0. The first-order valence-corrected chi connectivity index (χ1v) is 7.25. The van der Waals surface area contributed by atoms with E-state index in [0.29, 0.717) is 23.5 Å². The minimum Gasteiger partial charge on any atom is -0.493 e. The molecule has 0 radical (unpaired) electrons. The van der Waals surface area contributed by atoms with E-state index in [4.69, 9.17) is 4.74 Å². The van der Waals surface area contributed by atoms with Crippen LogP contribution in [-0.2, 0) is 0 Å². The molecule has 4 atom stereocenters. The van der Waals surface area contributed by atoms with E-state index in [1.54, 1.807) is 18.2 Å². The topological polar surface area (TPSA) is 43.4 Å². The average Bonchev–Trinajstić information content (AvgIpc) is 3.06. The summed E-state index contributed by atoms with van der Waals surface area (Å²) in [5.74, 6) is 0.991. The Morgan fingerprint density at radius 1 is 1.10 bits per heavy atom. The number of benzene rings is 1. The molecule has 20 heavy (non-hydrogen) atoms. The number of ether oxygens (including phenoxy) is 1. The van der Waals surface area contributed by atoms with Crippen molar-refractivity contribution in [3.63, 3.8) is 0 Å². The van der Waals surface area contributed by atoms with Crippen molar-refractivity contribution in [2.45, 2.75) is 13.3 Å². The van der Waals surface area contributed by atoms with Gasteiger partial charge < -0.3 is 4.74 Å². The molecule has 0 aliphatic heterocycles. The van der Waals surface area contributed by atoms with Gasteiger partial charge in [-0.05, 0) is 31.2 Å². The average molecular weight is 268 g/mol. The molecular weight excluding hydrogens is 252 g/mol. The van der Waals surface area contributed by atoms with Crippen molar-refractivity contribution in [3.8, 4) is 5.75 Å². The molecule has 0 spiro atoms. The summed E-state index contributed by atoms with van der Waals surface area (Å²) in [6.45, 7) is 2.38. The first kappa shape index (κ1) is 11.9. The number of carbonyl (C=O) groups is 2. The molecule has 3 aliphatic rings. The Kier molecular flexibility index (Phi) is 2.40. The third-order valence-electron chi connectivity index (χ3n) is 4.90. The van der Waals surface area contributed by atoms with Crippen LogP contribution in [0, 0.1) is 23.7 Å². The predicted molar refractivity (Wildman–Crippen MR) is 74.0 cm³/mol. The molecule has 0 aromatic heterocycles. The van der Waals surface area contributed by atoms with Gasteiger partial charge in [-0.25, -0.2) is 0 Å². The Balaban J connectivity index is 1.89. The maximum atomic E-state index is 12.9. The highest BCUT2D eigenvalue weighted by Crippen LogP contribution is 2.53. The van der Waals surface area contributed by atoms with Crippen LogP contribution in [0.25, 0.3) is 0 Å². The van der Waals surface area contributed by atoms with Gasteiger partial charge >= 0.3 is 0 Å². The first-order chi connectivity index (χ1) is 9.72. The number of fused-ring (bicyclic) bond motifs is 6. The quantitative estimate of drug-likeness (QED) is 0.775. The van der Waals surface area contributed by atoms with E-state index in [0.717, 1.165) is 6.42 Å². The van der Waals surface area contributed by atoms with Crippen LogP contribution >= 0.6 is 0 Å². The zero-order valence-corrected chi connectivity index (χ0v) is 11.3. The van der Waals surface area contributed by atoms with Crippen molar-refractivity contribution in [3.05, 3.63) is 41.5 Å². The molecule has 4 unspecified atom stereocenters. The van der Waals surface area contributed by atoms with Gasteiger partial charge in [-0.15, -0.1) is 0 Å². The van der Waals surface area contributed by atoms with E-state index in [-0.39, 0.29) is 35.2 Å². The second kappa shape index (κ2) is 4.05. The molecule has 1 aromatic carbocycles. The van der Waals surface area contributed by atoms with Crippen molar-refractivity contribution < 1.29 is 14.3 Å². The van der Waals surface area contributed by atoms with E-state index in [2.05, 4.69) is 12.2 Å². The third-order valence-corrected chi connectivity index (χ3v) is 4.90. The maximum absolute atomic E-state index is 12.9. The number of allylic oxidation sites excluding steroid dienone is 2. The Morgan fingerprint density at radius 2 is 1.80 bits per heavy atom. The summed E-state index contributed by atoms with van der Waals surface area (Å²) in [5.41, 5.74) is 1.07. The molecule has 3 heteroatoms. The van der Waals surface area contributed by atoms with Crippen molar-refractivity contribution in [1.29, 1.82) is 0 Å². The Labute approximate surface area is 117 Å². The van der Waals surface area contributed by atoms with E-state index < -0.39 is 0 Å². The highest BCUT2D eigenvalue weighted by atomic mass is 16.5. The first-order valence-electron chi connectivity index (χ1n) is 7.25. The molecular formula is C17H16O3. The van der Waals surface area contributed by atoms with Crippen molar-refractivity contribution in [2.24, 2.45) is 23.7 Å². The minimum absolute atomic E-state index is 0.102. The molecule has 1 aromatic rings. The summed E-state index contributed by atoms with van der Waals surface area (Å²) >= 11 is 0. The minimum atomic E-state index is -0.161. The summed E-state index contributed by atoms with van der Waals surface area (Å²) in [6.07, 6.45) is 5.18. The van der Waals surface area contributed by atoms with E-state index >= 15 is 0 Å². The van der Waals surface area contributed by atoms with Gasteiger partial charge in [-0.1, -0.05) is 24.3 Å². The summed E-state index contributed by atoms with van der Waals surface area (Å²) in [6, 6.07) is 5.36. The molecule has 4 rings (SSSR count). The molecule has 0 heterocycles. The Hall–Kier alpha value is -1.90. The monoisotopic (exact) mass is 268 g/mol. The van der Waals surface area contributed by atoms with E-state index in [1.165, 1.54) is 0 Å². The van der Waals surface area contributed by atoms with Crippen LogP contribution in [0.4, 0.5) is 0 Å². The fourth-order valence-corrected chi connectivity index (χ4v) is 4.15. The van der Waals surface area contributed by atoms with Crippen LogP contribution in [0.2, 0.25) is 0 Å². The van der Waals surface area contributed by atoms with Crippen LogP contribution in [0.15, 0.2) is 30.4 Å². The normalized spacial score (nSPS) is 33.2. The third kappa shape index (κ3) is 1.35. The Morgan fingerprint density at radius 3 is 2.50 bits per heavy atom. The lowest BCUT2D eigenvalue weighted by Crippen LogP contribution is -2.39. The second-order valence-corrected chi connectivity index (χ2v) is 5.84. The molecule has 0 N–H and O–H groups in total. The molecule has 102 valence electrons. The van der Waals surface area contributed by atoms with Gasteiger partial charge in [-0.3, -0.25) is 9.59 Å². The molecule has 3 aliphatic carbocycles. The van der Waals surface area contributed by atoms with Gasteiger partial charge in [0.05, 0.1) is 12.2 Å². The number of Topliss-reactive ketones (excluding diaryl/α,β-unsaturated/α-hetero) is 2. The van der Waals surface area contributed by atoms with Crippen molar-refractivity contribution >= 4 is 11.6 Å². The lowest BCUT2D eigenvalue weighted by Gasteiger charge is -2.32. The summed E-state index contributed by atoms with van der Waals surface area (Å²) in [7, 11) is 0. The van der Waals surface area contributed by atoms with E-state index in [1.807, 2.05) is 6.92 Å². The van der Waals surface area contributed by atoms with Crippen LogP contribution in [-0.4, -0.2) is 18.2 Å². The van der Waals surface area contributed by atoms with Gasteiger partial charge in [0.25, 0.3) is 0 Å². The summed E-state index contributed by atoms with van der Waals surface area (Å²) in [4.78, 5) is 25.6. The van der Waals surface area contributed by atoms with E-state index in [9.17, 15) is 9.59 Å². The highest BCUT2D eigenvalue weighted by molar-refractivity contribution is 6.18. The van der Waals surface area contributed by atoms with Gasteiger partial charge in [0.15, 0.2) is 11.6 Å². The fraction of sp³-hybridized carbons (Fsp3) is 0.412. The van der Waals surface area contributed by atoms with Gasteiger partial charge in [0.2, 0.25) is 0 Å². The molecule has 0 amide bonds. The largest absolute Gasteiger partial charge is 0.493 e. The SMILES string of the molecule is CCOc1cccc2c1C(=O)C1C3C=CC(C3)C1C2=O. The number of hydrogen-bond acceptors (Lipinski definition) is 3. The zero-order valence-electron chi connectivity index (χ0n) is 11.3. The maximum Gasteiger partial charge on any atom is 0.171 e. The lowest BCUT2D eigenvalue weighted by atomic mass is 9.69. The number of rotatable bonds is 2. The lowest BCUT2D eigenvalue weighted by molar-refractivity contribution is 0.0717. The predicted octanol–water partition coefficient (Wildman–Crippen LogP) is 2.90. The number of ketones is 2.